The number of nitrogens with zero attached hydrogens (tertiary/aromatic N) is 1. The molecular weight excluding hydrogens is 308 g/mol. The van der Waals surface area contributed by atoms with Crippen molar-refractivity contribution in [1.82, 2.24) is 4.90 Å². The third-order valence-corrected chi connectivity index (χ3v) is 4.53. The predicted molar refractivity (Wildman–Crippen MR) is 98.1 cm³/mol. The molecule has 0 amide bonds. The van der Waals surface area contributed by atoms with Crippen LogP contribution in [-0.4, -0.2) is 31.1 Å². The van der Waals surface area contributed by atoms with Gasteiger partial charge in [0.15, 0.2) is 0 Å². The summed E-state index contributed by atoms with van der Waals surface area (Å²) in [4.78, 5) is 2.41. The van der Waals surface area contributed by atoms with Gasteiger partial charge in [-0.1, -0.05) is 49.4 Å². The molecule has 4 heteroatoms. The number of ether oxygens (including phenoxy) is 1. The second-order valence-corrected chi connectivity index (χ2v) is 6.23. The fourth-order valence-corrected chi connectivity index (χ4v) is 3.15. The zero-order valence-electron chi connectivity index (χ0n) is 13.7. The zero-order chi connectivity index (χ0) is 15.5. The molecule has 2 atom stereocenters. The van der Waals surface area contributed by atoms with Gasteiger partial charge in [-0.2, -0.15) is 0 Å². The summed E-state index contributed by atoms with van der Waals surface area (Å²) < 4.78 is 5.61. The predicted octanol–water partition coefficient (Wildman–Crippen LogP) is 3.56. The summed E-state index contributed by atoms with van der Waals surface area (Å²) in [6.07, 6.45) is 0. The van der Waals surface area contributed by atoms with Gasteiger partial charge in [-0.15, -0.1) is 12.4 Å². The van der Waals surface area contributed by atoms with Crippen molar-refractivity contribution in [2.75, 3.05) is 20.2 Å². The maximum Gasteiger partial charge on any atom is 0.123 e. The lowest BCUT2D eigenvalue weighted by Crippen LogP contribution is -2.28. The Kier molecular flexibility index (Phi) is 6.05. The van der Waals surface area contributed by atoms with Gasteiger partial charge in [0.2, 0.25) is 0 Å². The Morgan fingerprint density at radius 2 is 1.83 bits per heavy atom. The minimum Gasteiger partial charge on any atom is -0.496 e. The molecule has 1 aliphatic heterocycles. The molecule has 2 unspecified atom stereocenters. The monoisotopic (exact) mass is 332 g/mol. The summed E-state index contributed by atoms with van der Waals surface area (Å²) in [6, 6.07) is 17.2. The molecule has 3 nitrogen and oxygen atoms in total. The first-order chi connectivity index (χ1) is 10.7. The van der Waals surface area contributed by atoms with E-state index < -0.39 is 0 Å². The van der Waals surface area contributed by atoms with Crippen molar-refractivity contribution in [2.45, 2.75) is 19.5 Å². The molecule has 0 saturated carbocycles. The van der Waals surface area contributed by atoms with Gasteiger partial charge in [0.25, 0.3) is 0 Å². The van der Waals surface area contributed by atoms with Crippen molar-refractivity contribution < 1.29 is 4.74 Å². The van der Waals surface area contributed by atoms with Crippen molar-refractivity contribution in [3.8, 4) is 16.9 Å². The first-order valence-electron chi connectivity index (χ1n) is 7.87. The molecule has 2 aromatic carbocycles. The summed E-state index contributed by atoms with van der Waals surface area (Å²) in [5.41, 5.74) is 9.75. The van der Waals surface area contributed by atoms with Gasteiger partial charge in [-0.05, 0) is 23.1 Å². The average Bonchev–Trinajstić information content (AvgIpc) is 2.86. The van der Waals surface area contributed by atoms with Crippen molar-refractivity contribution in [2.24, 2.45) is 11.7 Å². The van der Waals surface area contributed by atoms with E-state index in [2.05, 4.69) is 54.3 Å². The Bertz CT molecular complexity index is 623. The van der Waals surface area contributed by atoms with Crippen molar-refractivity contribution in [1.29, 1.82) is 0 Å². The molecule has 2 aromatic rings. The maximum atomic E-state index is 6.12. The summed E-state index contributed by atoms with van der Waals surface area (Å²) in [5, 5.41) is 0. The molecule has 0 radical (unpaired) electrons. The fourth-order valence-electron chi connectivity index (χ4n) is 3.15. The van der Waals surface area contributed by atoms with Crippen LogP contribution in [0.4, 0.5) is 0 Å². The van der Waals surface area contributed by atoms with Crippen LogP contribution >= 0.6 is 12.4 Å². The van der Waals surface area contributed by atoms with Crippen LogP contribution in [0.5, 0.6) is 5.75 Å². The SMILES string of the molecule is COc1cc(-c2ccccc2)ccc1CN1CC(C)C(N)C1.Cl. The largest absolute Gasteiger partial charge is 0.496 e. The van der Waals surface area contributed by atoms with E-state index in [1.807, 2.05) is 6.07 Å². The number of rotatable bonds is 4. The van der Waals surface area contributed by atoms with Crippen molar-refractivity contribution in [3.63, 3.8) is 0 Å². The number of methoxy groups -OCH3 is 1. The number of nitrogens with two attached hydrogens (primary N) is 1. The normalized spacial score (nSPS) is 21.0. The molecule has 0 bridgehead atoms. The Balaban J connectivity index is 0.00000192. The average molecular weight is 333 g/mol. The summed E-state index contributed by atoms with van der Waals surface area (Å²) >= 11 is 0. The Labute approximate surface area is 144 Å². The van der Waals surface area contributed by atoms with E-state index in [1.165, 1.54) is 16.7 Å². The van der Waals surface area contributed by atoms with Gasteiger partial charge >= 0.3 is 0 Å². The lowest BCUT2D eigenvalue weighted by Gasteiger charge is -2.18. The Morgan fingerprint density at radius 1 is 1.09 bits per heavy atom. The van der Waals surface area contributed by atoms with Gasteiger partial charge in [0, 0.05) is 31.2 Å². The quantitative estimate of drug-likeness (QED) is 0.930. The van der Waals surface area contributed by atoms with Crippen LogP contribution < -0.4 is 10.5 Å². The minimum atomic E-state index is 0. The third kappa shape index (κ3) is 4.05. The van der Waals surface area contributed by atoms with Gasteiger partial charge in [-0.25, -0.2) is 0 Å². The highest BCUT2D eigenvalue weighted by atomic mass is 35.5. The molecule has 2 N–H and O–H groups in total. The first kappa shape index (κ1) is 17.8. The molecule has 1 fully saturated rings. The van der Waals surface area contributed by atoms with Crippen LogP contribution in [0.15, 0.2) is 48.5 Å². The highest BCUT2D eigenvalue weighted by Gasteiger charge is 2.26. The lowest BCUT2D eigenvalue weighted by atomic mass is 10.0. The number of hydrogen-bond acceptors (Lipinski definition) is 3. The second kappa shape index (κ2) is 7.82. The van der Waals surface area contributed by atoms with Crippen molar-refractivity contribution in [3.05, 3.63) is 54.1 Å². The molecule has 23 heavy (non-hydrogen) atoms. The minimum absolute atomic E-state index is 0. The number of halogens is 1. The summed E-state index contributed by atoms with van der Waals surface area (Å²) in [5.74, 6) is 1.52. The second-order valence-electron chi connectivity index (χ2n) is 6.23. The Morgan fingerprint density at radius 3 is 2.43 bits per heavy atom. The number of likely N-dealkylation sites (tertiary alicyclic amines) is 1. The van der Waals surface area contributed by atoms with Crippen LogP contribution in [0.25, 0.3) is 11.1 Å². The lowest BCUT2D eigenvalue weighted by molar-refractivity contribution is 0.310. The first-order valence-corrected chi connectivity index (χ1v) is 7.87. The topological polar surface area (TPSA) is 38.5 Å². The van der Waals surface area contributed by atoms with Crippen LogP contribution in [0.1, 0.15) is 12.5 Å². The van der Waals surface area contributed by atoms with Gasteiger partial charge < -0.3 is 10.5 Å². The highest BCUT2D eigenvalue weighted by Crippen LogP contribution is 2.29. The van der Waals surface area contributed by atoms with Gasteiger partial charge in [0.1, 0.15) is 5.75 Å². The van der Waals surface area contributed by atoms with Crippen LogP contribution in [0, 0.1) is 5.92 Å². The van der Waals surface area contributed by atoms with E-state index in [-0.39, 0.29) is 18.4 Å². The van der Waals surface area contributed by atoms with E-state index in [0.29, 0.717) is 5.92 Å². The molecular formula is C19H25ClN2O. The molecule has 0 aliphatic carbocycles. The molecule has 0 aromatic heterocycles. The van der Waals surface area contributed by atoms with Crippen LogP contribution in [0.2, 0.25) is 0 Å². The number of hydrogen-bond donors (Lipinski definition) is 1. The van der Waals surface area contributed by atoms with Crippen LogP contribution in [-0.2, 0) is 6.54 Å². The highest BCUT2D eigenvalue weighted by molar-refractivity contribution is 5.85. The van der Waals surface area contributed by atoms with Gasteiger partial charge in [-0.3, -0.25) is 4.90 Å². The van der Waals surface area contributed by atoms with E-state index in [0.717, 1.165) is 25.4 Å². The van der Waals surface area contributed by atoms with E-state index in [4.69, 9.17) is 10.5 Å². The van der Waals surface area contributed by atoms with E-state index in [9.17, 15) is 0 Å². The zero-order valence-corrected chi connectivity index (χ0v) is 14.6. The Hall–Kier alpha value is -1.55. The molecule has 1 heterocycles. The molecule has 1 saturated heterocycles. The van der Waals surface area contributed by atoms with Gasteiger partial charge in [0.05, 0.1) is 7.11 Å². The molecule has 1 aliphatic rings. The van der Waals surface area contributed by atoms with Crippen molar-refractivity contribution >= 4 is 12.4 Å². The molecule has 3 rings (SSSR count). The third-order valence-electron chi connectivity index (χ3n) is 4.53. The summed E-state index contributed by atoms with van der Waals surface area (Å²) in [6.45, 7) is 5.15. The maximum absolute atomic E-state index is 6.12. The fraction of sp³-hybridized carbons (Fsp3) is 0.368. The molecule has 124 valence electrons. The molecule has 0 spiro atoms. The summed E-state index contributed by atoms with van der Waals surface area (Å²) in [7, 11) is 1.74. The van der Waals surface area contributed by atoms with Crippen LogP contribution in [0.3, 0.4) is 0 Å². The number of benzene rings is 2. The van der Waals surface area contributed by atoms with E-state index >= 15 is 0 Å². The standard InChI is InChI=1S/C19H24N2O.ClH/c1-14-11-21(13-18(14)20)12-17-9-8-16(10-19(17)22-2)15-6-4-3-5-7-15;/h3-10,14,18H,11-13,20H2,1-2H3;1H. The van der Waals surface area contributed by atoms with E-state index in [1.54, 1.807) is 7.11 Å². The smallest absolute Gasteiger partial charge is 0.123 e.